The van der Waals surface area contributed by atoms with Crippen LogP contribution >= 0.6 is 0 Å². The van der Waals surface area contributed by atoms with Crippen LogP contribution in [-0.4, -0.2) is 25.1 Å². The van der Waals surface area contributed by atoms with Crippen LogP contribution in [0, 0.1) is 6.92 Å². The second kappa shape index (κ2) is 7.79. The van der Waals surface area contributed by atoms with Crippen LogP contribution in [0.5, 0.6) is 5.75 Å². The Morgan fingerprint density at radius 3 is 2.72 bits per heavy atom. The monoisotopic (exact) mass is 338 g/mol. The van der Waals surface area contributed by atoms with Crippen LogP contribution in [0.4, 0.5) is 0 Å². The van der Waals surface area contributed by atoms with Crippen molar-refractivity contribution in [1.82, 2.24) is 20.0 Å². The zero-order valence-corrected chi connectivity index (χ0v) is 14.2. The van der Waals surface area contributed by atoms with Crippen molar-refractivity contribution in [1.29, 1.82) is 0 Å². The first-order valence-corrected chi connectivity index (χ1v) is 8.46. The summed E-state index contributed by atoms with van der Waals surface area (Å²) in [7, 11) is 0. The molecule has 2 heterocycles. The number of unbranched alkanes of at least 4 members (excludes halogenated alkanes) is 1. The quantitative estimate of drug-likeness (QED) is 0.649. The predicted octanol–water partition coefficient (Wildman–Crippen LogP) is 2.98. The first-order valence-electron chi connectivity index (χ1n) is 8.46. The van der Waals surface area contributed by atoms with Gasteiger partial charge in [-0.25, -0.2) is 0 Å². The lowest BCUT2D eigenvalue weighted by atomic mass is 9.90. The fourth-order valence-corrected chi connectivity index (χ4v) is 2.99. The first-order chi connectivity index (χ1) is 12.1. The van der Waals surface area contributed by atoms with Crippen LogP contribution in [0.1, 0.15) is 42.0 Å². The lowest BCUT2D eigenvalue weighted by Crippen LogP contribution is -2.18. The van der Waals surface area contributed by atoms with Crippen molar-refractivity contribution in [3.05, 3.63) is 76.0 Å². The third-order valence-electron chi connectivity index (χ3n) is 4.41. The maximum absolute atomic E-state index is 11.8. The first kappa shape index (κ1) is 17.0. The van der Waals surface area contributed by atoms with Gasteiger partial charge in [0.25, 0.3) is 5.56 Å². The molecule has 25 heavy (non-hydrogen) atoms. The highest BCUT2D eigenvalue weighted by atomic mass is 16.3. The van der Waals surface area contributed by atoms with Crippen molar-refractivity contribution < 1.29 is 5.11 Å². The number of aromatic amines is 1. The average Bonchev–Trinajstić information content (AvgIpc) is 3.14. The molecule has 0 saturated carbocycles. The van der Waals surface area contributed by atoms with Crippen molar-refractivity contribution in [3.63, 3.8) is 0 Å². The predicted molar refractivity (Wildman–Crippen MR) is 95.6 cm³/mol. The number of hydrogen-bond acceptors (Lipinski definition) is 4. The highest BCUT2D eigenvalue weighted by Gasteiger charge is 2.16. The van der Waals surface area contributed by atoms with Gasteiger partial charge in [0.05, 0.1) is 11.9 Å². The van der Waals surface area contributed by atoms with Gasteiger partial charge < -0.3 is 9.67 Å². The minimum Gasteiger partial charge on any atom is -0.503 e. The normalized spacial score (nSPS) is 12.2. The summed E-state index contributed by atoms with van der Waals surface area (Å²) in [6.45, 7) is 2.66. The van der Waals surface area contributed by atoms with E-state index in [4.69, 9.17) is 0 Å². The number of aryl methyl sites for hydroxylation is 2. The summed E-state index contributed by atoms with van der Waals surface area (Å²) in [6.07, 6.45) is 6.18. The summed E-state index contributed by atoms with van der Waals surface area (Å²) in [4.78, 5) is 11.8. The molecule has 0 aliphatic carbocycles. The summed E-state index contributed by atoms with van der Waals surface area (Å²) >= 11 is 0. The molecule has 0 aliphatic heterocycles. The third-order valence-corrected chi connectivity index (χ3v) is 4.41. The smallest absolute Gasteiger partial charge is 0.292 e. The van der Waals surface area contributed by atoms with Gasteiger partial charge in [-0.2, -0.15) is 15.4 Å². The highest BCUT2D eigenvalue weighted by Crippen LogP contribution is 2.28. The van der Waals surface area contributed by atoms with E-state index in [1.165, 1.54) is 17.2 Å². The molecule has 2 N–H and O–H groups in total. The van der Waals surface area contributed by atoms with Crippen LogP contribution in [0.3, 0.4) is 0 Å². The maximum Gasteiger partial charge on any atom is 0.292 e. The molecular formula is C19H22N4O2. The lowest BCUT2D eigenvalue weighted by Gasteiger charge is -2.15. The average molecular weight is 338 g/mol. The van der Waals surface area contributed by atoms with E-state index in [-0.39, 0.29) is 17.2 Å². The van der Waals surface area contributed by atoms with Crippen LogP contribution < -0.4 is 5.56 Å². The molecule has 0 bridgehead atoms. The van der Waals surface area contributed by atoms with Gasteiger partial charge >= 0.3 is 0 Å². The van der Waals surface area contributed by atoms with Gasteiger partial charge in [0.2, 0.25) is 0 Å². The fraction of sp³-hybridized carbons (Fsp3) is 0.316. The van der Waals surface area contributed by atoms with Crippen LogP contribution in [0.2, 0.25) is 0 Å². The maximum atomic E-state index is 11.8. The van der Waals surface area contributed by atoms with Crippen molar-refractivity contribution >= 4 is 0 Å². The number of nitrogens with one attached hydrogen (secondary N) is 1. The molecule has 0 spiro atoms. The molecule has 130 valence electrons. The Morgan fingerprint density at radius 1 is 1.20 bits per heavy atom. The van der Waals surface area contributed by atoms with Crippen molar-refractivity contribution in [2.75, 3.05) is 0 Å². The summed E-state index contributed by atoms with van der Waals surface area (Å²) in [5.74, 6) is -0.0251. The molecular weight excluding hydrogens is 316 g/mol. The lowest BCUT2D eigenvalue weighted by molar-refractivity contribution is 0.452. The van der Waals surface area contributed by atoms with E-state index in [0.29, 0.717) is 6.54 Å². The van der Waals surface area contributed by atoms with E-state index in [0.717, 1.165) is 25.0 Å². The zero-order chi connectivity index (χ0) is 17.6. The van der Waals surface area contributed by atoms with Gasteiger partial charge in [-0.05, 0) is 37.5 Å². The number of nitrogens with zero attached hydrogens (tertiary/aromatic N) is 3. The molecule has 0 aliphatic rings. The second-order valence-corrected chi connectivity index (χ2v) is 6.25. The molecule has 6 heteroatoms. The summed E-state index contributed by atoms with van der Waals surface area (Å²) in [5, 5.41) is 20.4. The number of aromatic nitrogens is 4. The van der Waals surface area contributed by atoms with E-state index in [1.54, 1.807) is 23.0 Å². The van der Waals surface area contributed by atoms with Gasteiger partial charge in [-0.1, -0.05) is 36.2 Å². The standard InChI is InChI=1S/C19H22N4O2/c1-14-7-9-15(10-8-14)16(17-13-20-22-21-17)5-2-3-11-23-12-4-6-18(24)19(23)25/h4,6-10,12-13,16,24H,2-3,5,11H2,1H3,(H,20,21,22). The van der Waals surface area contributed by atoms with Gasteiger partial charge in [0, 0.05) is 18.7 Å². The van der Waals surface area contributed by atoms with E-state index in [2.05, 4.69) is 46.6 Å². The van der Waals surface area contributed by atoms with E-state index < -0.39 is 0 Å². The molecule has 0 fully saturated rings. The van der Waals surface area contributed by atoms with E-state index in [1.807, 2.05) is 0 Å². The number of aromatic hydroxyl groups is 1. The van der Waals surface area contributed by atoms with Crippen LogP contribution in [0.15, 0.2) is 53.6 Å². The largest absolute Gasteiger partial charge is 0.503 e. The van der Waals surface area contributed by atoms with Crippen molar-refractivity contribution in [2.45, 2.75) is 38.6 Å². The van der Waals surface area contributed by atoms with Gasteiger partial charge in [0.1, 0.15) is 0 Å². The fourth-order valence-electron chi connectivity index (χ4n) is 2.99. The van der Waals surface area contributed by atoms with Crippen LogP contribution in [0.25, 0.3) is 0 Å². The Morgan fingerprint density at radius 2 is 2.00 bits per heavy atom. The zero-order valence-electron chi connectivity index (χ0n) is 14.2. The number of pyridine rings is 1. The molecule has 6 nitrogen and oxygen atoms in total. The van der Waals surface area contributed by atoms with Gasteiger partial charge in [-0.15, -0.1) is 0 Å². The molecule has 2 aromatic heterocycles. The number of H-pyrrole nitrogens is 1. The highest BCUT2D eigenvalue weighted by molar-refractivity contribution is 5.29. The Kier molecular flexibility index (Phi) is 5.28. The molecule has 3 aromatic rings. The Labute approximate surface area is 146 Å². The molecule has 3 rings (SSSR count). The molecule has 1 atom stereocenters. The van der Waals surface area contributed by atoms with E-state index >= 15 is 0 Å². The summed E-state index contributed by atoms with van der Waals surface area (Å²) in [6, 6.07) is 11.6. The van der Waals surface area contributed by atoms with Gasteiger partial charge in [0.15, 0.2) is 5.75 Å². The molecule has 0 saturated heterocycles. The molecule has 1 aromatic carbocycles. The van der Waals surface area contributed by atoms with E-state index in [9.17, 15) is 9.90 Å². The van der Waals surface area contributed by atoms with Gasteiger partial charge in [-0.3, -0.25) is 4.79 Å². The Bertz CT molecular complexity index is 854. The van der Waals surface area contributed by atoms with Crippen molar-refractivity contribution in [3.8, 4) is 5.75 Å². The minimum absolute atomic E-state index is 0.181. The molecule has 0 radical (unpaired) electrons. The summed E-state index contributed by atoms with van der Waals surface area (Å²) < 4.78 is 1.55. The molecule has 0 amide bonds. The van der Waals surface area contributed by atoms with Crippen molar-refractivity contribution in [2.24, 2.45) is 0 Å². The topological polar surface area (TPSA) is 83.8 Å². The number of rotatable bonds is 7. The SMILES string of the molecule is Cc1ccc(C(CCCCn2cccc(O)c2=O)c2cn[nH]n2)cc1. The summed E-state index contributed by atoms with van der Waals surface area (Å²) in [5.41, 5.74) is 3.03. The Balaban J connectivity index is 1.64. The number of hydrogen-bond donors (Lipinski definition) is 2. The second-order valence-electron chi connectivity index (χ2n) is 6.25. The number of benzene rings is 1. The minimum atomic E-state index is -0.339. The molecule has 1 unspecified atom stereocenters. The third kappa shape index (κ3) is 4.15. The Hall–Kier alpha value is -2.89. The van der Waals surface area contributed by atoms with Crippen LogP contribution in [-0.2, 0) is 6.54 Å².